The maximum Gasteiger partial charge on any atom is 0.417 e. The van der Waals surface area contributed by atoms with Crippen LogP contribution in [0.25, 0.3) is 0 Å². The summed E-state index contributed by atoms with van der Waals surface area (Å²) >= 11 is 6.18. The van der Waals surface area contributed by atoms with Crippen molar-refractivity contribution < 1.29 is 27.6 Å². The number of urea groups is 1. The van der Waals surface area contributed by atoms with Gasteiger partial charge >= 0.3 is 12.2 Å². The lowest BCUT2D eigenvalue weighted by Gasteiger charge is -2.34. The number of hydrogen-bond acceptors (Lipinski definition) is 4. The maximum absolute atomic E-state index is 14.0. The quantitative estimate of drug-likeness (QED) is 0.436. The monoisotopic (exact) mass is 521 g/mol. The summed E-state index contributed by atoms with van der Waals surface area (Å²) in [5.41, 5.74) is -0.180. The summed E-state index contributed by atoms with van der Waals surface area (Å²) in [7, 11) is 0. The summed E-state index contributed by atoms with van der Waals surface area (Å²) in [6.07, 6.45) is -3.88. The normalized spacial score (nSPS) is 20.4. The van der Waals surface area contributed by atoms with Gasteiger partial charge in [0.1, 0.15) is 0 Å². The van der Waals surface area contributed by atoms with E-state index in [1.165, 1.54) is 11.0 Å². The molecule has 2 aromatic rings. The summed E-state index contributed by atoms with van der Waals surface area (Å²) in [4.78, 5) is 34.0. The number of carbonyl (C=O) groups excluding carboxylic acids is 2. The molecule has 1 atom stereocenters. The van der Waals surface area contributed by atoms with E-state index >= 15 is 0 Å². The largest absolute Gasteiger partial charge is 0.417 e. The Hall–Kier alpha value is -3.07. The molecule has 2 aromatic carbocycles. The molecule has 0 aromatic heterocycles. The minimum Gasteiger partial charge on any atom is -0.384 e. The summed E-state index contributed by atoms with van der Waals surface area (Å²) < 4.78 is 42.1. The van der Waals surface area contributed by atoms with E-state index in [0.717, 1.165) is 23.3 Å². The molecule has 36 heavy (non-hydrogen) atoms. The van der Waals surface area contributed by atoms with Crippen LogP contribution in [0.4, 0.5) is 18.0 Å². The van der Waals surface area contributed by atoms with Crippen molar-refractivity contribution in [3.63, 3.8) is 0 Å². The number of Topliss-reactive ketones (excluding diaryl/α,β-unsaturated/α-hetero) is 1. The van der Waals surface area contributed by atoms with Crippen LogP contribution in [0.5, 0.6) is 0 Å². The van der Waals surface area contributed by atoms with Crippen molar-refractivity contribution in [3.8, 4) is 0 Å². The molecule has 1 unspecified atom stereocenters. The Kier molecular flexibility index (Phi) is 7.05. The number of aryl methyl sites for hydroxylation is 1. The van der Waals surface area contributed by atoms with Crippen molar-refractivity contribution in [2.45, 2.75) is 45.4 Å². The van der Waals surface area contributed by atoms with Crippen molar-refractivity contribution in [3.05, 3.63) is 69.2 Å². The second-order valence-corrected chi connectivity index (χ2v) is 9.81. The first-order valence-electron chi connectivity index (χ1n) is 11.7. The van der Waals surface area contributed by atoms with Crippen molar-refractivity contribution in [2.75, 3.05) is 26.2 Å². The fourth-order valence-electron chi connectivity index (χ4n) is 4.63. The van der Waals surface area contributed by atoms with Crippen LogP contribution in [-0.2, 0) is 16.6 Å². The van der Waals surface area contributed by atoms with Crippen LogP contribution in [0, 0.1) is 6.92 Å². The number of nitrogens with zero attached hydrogens (tertiary/aromatic N) is 3. The molecule has 0 bridgehead atoms. The highest BCUT2D eigenvalue weighted by atomic mass is 35.5. The Morgan fingerprint density at radius 2 is 1.89 bits per heavy atom. The topological polar surface area (TPSA) is 62.2 Å². The number of ketones is 1. The van der Waals surface area contributed by atoms with Crippen LogP contribution in [0.2, 0.25) is 5.02 Å². The lowest BCUT2D eigenvalue weighted by molar-refractivity contribution is -0.137. The van der Waals surface area contributed by atoms with E-state index in [2.05, 4.69) is 5.16 Å². The summed E-state index contributed by atoms with van der Waals surface area (Å²) in [6.45, 7) is 6.47. The second-order valence-electron chi connectivity index (χ2n) is 9.37. The van der Waals surface area contributed by atoms with Gasteiger partial charge in [-0.1, -0.05) is 35.0 Å². The highest BCUT2D eigenvalue weighted by Crippen LogP contribution is 2.39. The fourth-order valence-corrected chi connectivity index (χ4v) is 4.92. The van der Waals surface area contributed by atoms with Gasteiger partial charge in [0.05, 0.1) is 17.8 Å². The number of hydrogen-bond donors (Lipinski definition) is 0. The highest BCUT2D eigenvalue weighted by molar-refractivity contribution is 6.30. The summed E-state index contributed by atoms with van der Waals surface area (Å²) in [6, 6.07) is 8.64. The first kappa shape index (κ1) is 26.0. The second kappa shape index (κ2) is 9.76. The van der Waals surface area contributed by atoms with Gasteiger partial charge in [0.2, 0.25) is 0 Å². The predicted molar refractivity (Wildman–Crippen MR) is 130 cm³/mol. The molecule has 0 aliphatic carbocycles. The van der Waals surface area contributed by atoms with Crippen molar-refractivity contribution in [1.82, 2.24) is 9.80 Å². The summed E-state index contributed by atoms with van der Waals surface area (Å²) in [5.74, 6) is -0.760. The minimum atomic E-state index is -4.77. The van der Waals surface area contributed by atoms with Crippen molar-refractivity contribution in [1.29, 1.82) is 0 Å². The molecule has 0 saturated carbocycles. The van der Waals surface area contributed by atoms with E-state index in [-0.39, 0.29) is 18.0 Å². The van der Waals surface area contributed by atoms with E-state index < -0.39 is 35.2 Å². The van der Waals surface area contributed by atoms with Gasteiger partial charge < -0.3 is 14.6 Å². The van der Waals surface area contributed by atoms with Gasteiger partial charge in [-0.3, -0.25) is 4.79 Å². The molecule has 4 rings (SSSR count). The third kappa shape index (κ3) is 5.21. The molecular formula is C26H27ClF3N3O3. The number of oxime groups is 1. The van der Waals surface area contributed by atoms with Crippen molar-refractivity contribution >= 4 is 29.1 Å². The lowest BCUT2D eigenvalue weighted by Crippen LogP contribution is -2.50. The van der Waals surface area contributed by atoms with E-state index in [1.54, 1.807) is 24.0 Å². The van der Waals surface area contributed by atoms with Crippen LogP contribution in [0.15, 0.2) is 41.6 Å². The Labute approximate surface area is 212 Å². The Bertz CT molecular complexity index is 1210. The zero-order valence-corrected chi connectivity index (χ0v) is 21.0. The Morgan fingerprint density at radius 1 is 1.17 bits per heavy atom. The zero-order chi connectivity index (χ0) is 26.3. The van der Waals surface area contributed by atoms with E-state index in [9.17, 15) is 22.8 Å². The average Bonchev–Trinajstić information content (AvgIpc) is 3.22. The predicted octanol–water partition coefficient (Wildman–Crippen LogP) is 6.04. The number of benzene rings is 2. The molecule has 0 N–H and O–H groups in total. The van der Waals surface area contributed by atoms with Gasteiger partial charge in [0, 0.05) is 42.2 Å². The summed E-state index contributed by atoms with van der Waals surface area (Å²) in [5, 5.41) is 4.60. The van der Waals surface area contributed by atoms with Crippen LogP contribution in [0.3, 0.4) is 0 Å². The van der Waals surface area contributed by atoms with E-state index in [1.807, 2.05) is 19.9 Å². The molecule has 1 fully saturated rings. The molecule has 2 heterocycles. The molecular weight excluding hydrogens is 495 g/mol. The van der Waals surface area contributed by atoms with Crippen LogP contribution >= 0.6 is 11.6 Å². The molecule has 10 heteroatoms. The molecule has 0 radical (unpaired) electrons. The zero-order valence-electron chi connectivity index (χ0n) is 20.3. The van der Waals surface area contributed by atoms with Gasteiger partial charge in [-0.25, -0.2) is 4.79 Å². The molecule has 2 aliphatic heterocycles. The first-order chi connectivity index (χ1) is 16.9. The van der Waals surface area contributed by atoms with E-state index in [4.69, 9.17) is 16.4 Å². The third-order valence-electron chi connectivity index (χ3n) is 6.59. The minimum absolute atomic E-state index is 0.215. The van der Waals surface area contributed by atoms with Crippen molar-refractivity contribution in [2.24, 2.45) is 5.16 Å². The molecule has 2 amide bonds. The molecule has 0 spiro atoms. The molecule has 192 valence electrons. The standard InChI is InChI=1S/C26H27ClF3N3O3/c1-4-32-8-5-9-33(24(32)35)15-23(34)20-7-6-17(12-21(20)26(28,29)30)22-14-25(3,36-31-22)18-10-16(2)11-19(27)13-18/h6-7,10-13H,4-5,8-9,14-15H2,1-3H3. The third-order valence-corrected chi connectivity index (χ3v) is 6.80. The lowest BCUT2D eigenvalue weighted by atomic mass is 9.87. The van der Waals surface area contributed by atoms with E-state index in [0.29, 0.717) is 36.8 Å². The van der Waals surface area contributed by atoms with Crippen LogP contribution in [0.1, 0.15) is 59.3 Å². The smallest absolute Gasteiger partial charge is 0.384 e. The van der Waals surface area contributed by atoms with Gasteiger partial charge in [-0.05, 0) is 56.5 Å². The number of rotatable bonds is 6. The van der Waals surface area contributed by atoms with Gasteiger partial charge in [-0.15, -0.1) is 0 Å². The Morgan fingerprint density at radius 3 is 2.56 bits per heavy atom. The average molecular weight is 522 g/mol. The molecule has 6 nitrogen and oxygen atoms in total. The number of halogens is 4. The van der Waals surface area contributed by atoms with Crippen LogP contribution in [-0.4, -0.2) is 53.5 Å². The van der Waals surface area contributed by atoms with Gasteiger partial charge in [0.15, 0.2) is 11.4 Å². The molecule has 1 saturated heterocycles. The van der Waals surface area contributed by atoms with Gasteiger partial charge in [0.25, 0.3) is 0 Å². The SMILES string of the molecule is CCN1CCCN(CC(=O)c2ccc(C3=NOC(C)(c4cc(C)cc(Cl)c4)C3)cc2C(F)(F)F)C1=O. The maximum atomic E-state index is 14.0. The van der Waals surface area contributed by atoms with Gasteiger partial charge in [-0.2, -0.15) is 13.2 Å². The number of amides is 2. The fraction of sp³-hybridized carbons (Fsp3) is 0.423. The highest BCUT2D eigenvalue weighted by Gasteiger charge is 2.40. The molecule has 2 aliphatic rings. The number of alkyl halides is 3. The first-order valence-corrected chi connectivity index (χ1v) is 12.1. The van der Waals surface area contributed by atoms with Crippen LogP contribution < -0.4 is 0 Å². The number of carbonyl (C=O) groups is 2. The Balaban J connectivity index is 1.59.